The quantitative estimate of drug-likeness (QED) is 0.116. The Hall–Kier alpha value is -3.80. The van der Waals surface area contributed by atoms with Crippen LogP contribution in [0.2, 0.25) is 0 Å². The van der Waals surface area contributed by atoms with Gasteiger partial charge in [0, 0.05) is 40.6 Å². The van der Waals surface area contributed by atoms with E-state index in [9.17, 15) is 19.2 Å². The van der Waals surface area contributed by atoms with Gasteiger partial charge >= 0.3 is 0 Å². The monoisotopic (exact) mass is 594 g/mol. The Kier molecular flexibility index (Phi) is 10.6. The van der Waals surface area contributed by atoms with Crippen molar-refractivity contribution in [1.82, 2.24) is 9.80 Å². The Labute approximate surface area is 261 Å². The van der Waals surface area contributed by atoms with Crippen LogP contribution in [0.5, 0.6) is 0 Å². The van der Waals surface area contributed by atoms with Crippen LogP contribution in [-0.4, -0.2) is 46.5 Å². The van der Waals surface area contributed by atoms with Crippen LogP contribution in [0.4, 0.5) is 0 Å². The molecule has 0 aromatic heterocycles. The summed E-state index contributed by atoms with van der Waals surface area (Å²) in [6.07, 6.45) is 13.9. The maximum atomic E-state index is 14.1. The second kappa shape index (κ2) is 14.8. The zero-order valence-corrected chi connectivity index (χ0v) is 26.5. The highest BCUT2D eigenvalue weighted by atomic mass is 16.2. The number of aryl methyl sites for hydroxylation is 2. The molecule has 0 aliphatic carbocycles. The smallest absolute Gasteiger partial charge is 0.261 e. The minimum absolute atomic E-state index is 0.308. The summed E-state index contributed by atoms with van der Waals surface area (Å²) < 4.78 is 0. The molecule has 0 N–H and O–H groups in total. The maximum absolute atomic E-state index is 14.1. The highest BCUT2D eigenvalue weighted by Crippen LogP contribution is 2.40. The molecule has 44 heavy (non-hydrogen) atoms. The lowest BCUT2D eigenvalue weighted by Gasteiger charge is -2.33. The van der Waals surface area contributed by atoms with Crippen LogP contribution in [0.15, 0.2) is 48.5 Å². The van der Waals surface area contributed by atoms with E-state index in [4.69, 9.17) is 0 Å². The van der Waals surface area contributed by atoms with Crippen molar-refractivity contribution in [1.29, 1.82) is 0 Å². The summed E-state index contributed by atoms with van der Waals surface area (Å²) in [5.74, 6) is -1.30. The summed E-state index contributed by atoms with van der Waals surface area (Å²) in [4.78, 5) is 58.4. The molecule has 3 aromatic rings. The summed E-state index contributed by atoms with van der Waals surface area (Å²) in [5.41, 5.74) is 3.63. The number of carbonyl (C=O) groups excluding carboxylic acids is 4. The number of imide groups is 2. The molecule has 5 rings (SSSR count). The third kappa shape index (κ3) is 6.50. The zero-order chi connectivity index (χ0) is 31.1. The van der Waals surface area contributed by atoms with E-state index in [-0.39, 0.29) is 23.6 Å². The van der Waals surface area contributed by atoms with E-state index in [0.717, 1.165) is 62.5 Å². The Bertz CT molecular complexity index is 1530. The molecule has 232 valence electrons. The van der Waals surface area contributed by atoms with E-state index in [1.807, 2.05) is 24.3 Å². The molecule has 0 unspecified atom stereocenters. The van der Waals surface area contributed by atoms with Gasteiger partial charge in [-0.1, -0.05) is 108 Å². The van der Waals surface area contributed by atoms with Gasteiger partial charge in [0.05, 0.1) is 5.56 Å². The molecule has 0 spiro atoms. The van der Waals surface area contributed by atoms with Crippen molar-refractivity contribution in [3.05, 3.63) is 81.9 Å². The highest BCUT2D eigenvalue weighted by Gasteiger charge is 2.40. The van der Waals surface area contributed by atoms with Gasteiger partial charge in [-0.05, 0) is 55.0 Å². The number of nitrogens with zero attached hydrogens (tertiary/aromatic N) is 2. The van der Waals surface area contributed by atoms with Gasteiger partial charge in [0.25, 0.3) is 23.6 Å². The molecule has 2 aliphatic heterocycles. The van der Waals surface area contributed by atoms with Gasteiger partial charge in [-0.3, -0.25) is 29.0 Å². The van der Waals surface area contributed by atoms with E-state index in [0.29, 0.717) is 59.0 Å². The predicted molar refractivity (Wildman–Crippen MR) is 175 cm³/mol. The van der Waals surface area contributed by atoms with Crippen LogP contribution in [-0.2, 0) is 12.8 Å². The average Bonchev–Trinajstić information content (AvgIpc) is 3.04. The fourth-order valence-corrected chi connectivity index (χ4v) is 6.77. The van der Waals surface area contributed by atoms with E-state index in [2.05, 4.69) is 26.0 Å². The molecule has 0 saturated carbocycles. The normalized spacial score (nSPS) is 14.3. The third-order valence-electron chi connectivity index (χ3n) is 9.25. The summed E-state index contributed by atoms with van der Waals surface area (Å²) in [6, 6.07) is 15.3. The zero-order valence-electron chi connectivity index (χ0n) is 26.5. The van der Waals surface area contributed by atoms with Crippen LogP contribution >= 0.6 is 0 Å². The Morgan fingerprint density at radius 1 is 0.500 bits per heavy atom. The number of amides is 4. The van der Waals surface area contributed by atoms with Crippen LogP contribution in [0, 0.1) is 0 Å². The topological polar surface area (TPSA) is 74.8 Å². The molecular formula is C38H46N2O4. The van der Waals surface area contributed by atoms with E-state index < -0.39 is 0 Å². The molecule has 0 radical (unpaired) electrons. The molecular weight excluding hydrogens is 548 g/mol. The van der Waals surface area contributed by atoms with Crippen LogP contribution < -0.4 is 0 Å². The van der Waals surface area contributed by atoms with Gasteiger partial charge in [0.15, 0.2) is 0 Å². The van der Waals surface area contributed by atoms with Crippen molar-refractivity contribution in [3.8, 4) is 0 Å². The second-order valence-corrected chi connectivity index (χ2v) is 12.4. The molecule has 0 saturated heterocycles. The first kappa shape index (κ1) is 31.6. The number of rotatable bonds is 17. The van der Waals surface area contributed by atoms with Crippen molar-refractivity contribution in [2.24, 2.45) is 0 Å². The van der Waals surface area contributed by atoms with E-state index >= 15 is 0 Å². The molecule has 0 bridgehead atoms. The van der Waals surface area contributed by atoms with Crippen molar-refractivity contribution >= 4 is 34.4 Å². The summed E-state index contributed by atoms with van der Waals surface area (Å²) >= 11 is 0. The third-order valence-corrected chi connectivity index (χ3v) is 9.25. The van der Waals surface area contributed by atoms with Gasteiger partial charge in [-0.2, -0.15) is 0 Å². The first-order chi connectivity index (χ1) is 21.5. The van der Waals surface area contributed by atoms with Crippen molar-refractivity contribution < 1.29 is 19.2 Å². The van der Waals surface area contributed by atoms with Crippen molar-refractivity contribution in [2.75, 3.05) is 13.1 Å². The largest absolute Gasteiger partial charge is 0.274 e. The fourth-order valence-electron chi connectivity index (χ4n) is 6.77. The standard InChI is InChI=1S/C38H46N2O4/c1-3-5-7-9-11-16-24-39-35(41)29-22-23-30-34-32(38(44)40(36(30)42)25-17-12-10-8-6-4-2)28(26-31(33(29)34)37(39)43)21-20-27-18-14-13-15-19-27/h13-15,18-19,22-23,26H,3-12,16-17,20-21,24-25H2,1-2H3. The molecule has 2 aliphatic rings. The van der Waals surface area contributed by atoms with Gasteiger partial charge in [-0.15, -0.1) is 0 Å². The summed E-state index contributed by atoms with van der Waals surface area (Å²) in [6.45, 7) is 5.11. The molecule has 0 fully saturated rings. The number of carbonyl (C=O) groups is 4. The lowest BCUT2D eigenvalue weighted by molar-refractivity contribution is 0.0585. The van der Waals surface area contributed by atoms with Gasteiger partial charge in [-0.25, -0.2) is 0 Å². The second-order valence-electron chi connectivity index (χ2n) is 12.4. The molecule has 4 amide bonds. The summed E-state index contributed by atoms with van der Waals surface area (Å²) in [5, 5.41) is 0.953. The lowest BCUT2D eigenvalue weighted by Crippen LogP contribution is -2.44. The van der Waals surface area contributed by atoms with Gasteiger partial charge < -0.3 is 0 Å². The first-order valence-corrected chi connectivity index (χ1v) is 16.9. The Morgan fingerprint density at radius 2 is 1.00 bits per heavy atom. The predicted octanol–water partition coefficient (Wildman–Crippen LogP) is 8.54. The first-order valence-electron chi connectivity index (χ1n) is 16.9. The number of hydrogen-bond acceptors (Lipinski definition) is 4. The number of hydrogen-bond donors (Lipinski definition) is 0. The molecule has 0 atom stereocenters. The summed E-state index contributed by atoms with van der Waals surface area (Å²) in [7, 11) is 0. The lowest BCUT2D eigenvalue weighted by atomic mass is 9.82. The van der Waals surface area contributed by atoms with Crippen LogP contribution in [0.25, 0.3) is 10.8 Å². The Morgan fingerprint density at radius 3 is 1.59 bits per heavy atom. The SMILES string of the molecule is CCCCCCCCN1C(=O)c2ccc3c4c(c(CCc5ccccc5)cc(c24)C1=O)C(=O)N(CCCCCCCC)C3=O. The molecule has 6 nitrogen and oxygen atoms in total. The Balaban J connectivity index is 1.49. The van der Waals surface area contributed by atoms with E-state index in [1.165, 1.54) is 35.5 Å². The minimum atomic E-state index is -0.333. The molecule has 3 aromatic carbocycles. The van der Waals surface area contributed by atoms with Crippen LogP contribution in [0.3, 0.4) is 0 Å². The van der Waals surface area contributed by atoms with Gasteiger partial charge in [0.1, 0.15) is 0 Å². The highest BCUT2D eigenvalue weighted by molar-refractivity contribution is 6.33. The van der Waals surface area contributed by atoms with Crippen molar-refractivity contribution in [2.45, 2.75) is 104 Å². The minimum Gasteiger partial charge on any atom is -0.274 e. The van der Waals surface area contributed by atoms with Gasteiger partial charge in [0.2, 0.25) is 0 Å². The van der Waals surface area contributed by atoms with Crippen molar-refractivity contribution in [3.63, 3.8) is 0 Å². The molecule has 2 heterocycles. The van der Waals surface area contributed by atoms with E-state index in [1.54, 1.807) is 12.1 Å². The molecule has 6 heteroatoms. The number of benzene rings is 3. The maximum Gasteiger partial charge on any atom is 0.261 e. The number of unbranched alkanes of at least 4 members (excludes halogenated alkanes) is 10. The fraction of sp³-hybridized carbons (Fsp3) is 0.474. The van der Waals surface area contributed by atoms with Crippen LogP contribution in [0.1, 0.15) is 143 Å². The average molecular weight is 595 g/mol.